The number of nitrogens with two attached hydrogens (primary N) is 1. The number of nitrogens with zero attached hydrogens (tertiary/aromatic N) is 4. The number of aromatic nitrogens is 2. The third-order valence-corrected chi connectivity index (χ3v) is 5.00. The highest BCUT2D eigenvalue weighted by atomic mass is 32.1. The first-order chi connectivity index (χ1) is 11.8. The van der Waals surface area contributed by atoms with Crippen LogP contribution in [0.4, 0.5) is 5.82 Å². The van der Waals surface area contributed by atoms with Crippen LogP contribution in [0.1, 0.15) is 16.3 Å². The standard InChI is InChI=1S/C16H17N5O2S/c17-9-11-1-2-13(23-11)16(22)21-6-4-20(5-7-21)14-12-3-8-24-15(12)19-10-18-14/h1-3,8,10H,4-7,9,17H2. The Kier molecular flexibility index (Phi) is 3.91. The first-order valence-corrected chi connectivity index (χ1v) is 8.65. The number of anilines is 1. The number of fused-ring (bicyclic) bond motifs is 1. The average molecular weight is 343 g/mol. The summed E-state index contributed by atoms with van der Waals surface area (Å²) in [6, 6.07) is 5.48. The Morgan fingerprint density at radius 3 is 2.79 bits per heavy atom. The predicted octanol–water partition coefficient (Wildman–Crippen LogP) is 1.71. The number of carbonyl (C=O) groups excluding carboxylic acids is 1. The Bertz CT molecular complexity index is 866. The van der Waals surface area contributed by atoms with E-state index in [2.05, 4.69) is 14.9 Å². The van der Waals surface area contributed by atoms with Gasteiger partial charge in [0, 0.05) is 26.2 Å². The number of thiophene rings is 1. The Labute approximate surface area is 142 Å². The van der Waals surface area contributed by atoms with Crippen molar-refractivity contribution in [2.75, 3.05) is 31.1 Å². The number of rotatable bonds is 3. The molecule has 4 rings (SSSR count). The quantitative estimate of drug-likeness (QED) is 0.779. The van der Waals surface area contributed by atoms with Crippen LogP contribution in [0.25, 0.3) is 10.2 Å². The fourth-order valence-electron chi connectivity index (χ4n) is 2.91. The number of hydrogen-bond donors (Lipinski definition) is 1. The zero-order valence-corrected chi connectivity index (χ0v) is 13.8. The van der Waals surface area contributed by atoms with E-state index in [0.29, 0.717) is 31.2 Å². The fraction of sp³-hybridized carbons (Fsp3) is 0.312. The molecule has 0 aromatic carbocycles. The molecule has 0 unspecified atom stereocenters. The highest BCUT2D eigenvalue weighted by molar-refractivity contribution is 7.16. The summed E-state index contributed by atoms with van der Waals surface area (Å²) in [4.78, 5) is 26.2. The summed E-state index contributed by atoms with van der Waals surface area (Å²) >= 11 is 1.61. The van der Waals surface area contributed by atoms with Crippen LogP contribution in [0.15, 0.2) is 34.3 Å². The molecule has 3 aromatic rings. The zero-order valence-electron chi connectivity index (χ0n) is 13.0. The summed E-state index contributed by atoms with van der Waals surface area (Å²) in [5.74, 6) is 1.83. The summed E-state index contributed by atoms with van der Waals surface area (Å²) in [6.07, 6.45) is 1.60. The lowest BCUT2D eigenvalue weighted by Crippen LogP contribution is -2.49. The zero-order chi connectivity index (χ0) is 16.5. The Morgan fingerprint density at radius 1 is 1.21 bits per heavy atom. The summed E-state index contributed by atoms with van der Waals surface area (Å²) < 4.78 is 5.46. The molecule has 1 aliphatic heterocycles. The molecule has 2 N–H and O–H groups in total. The van der Waals surface area contributed by atoms with Crippen LogP contribution in [0.3, 0.4) is 0 Å². The first kappa shape index (κ1) is 15.1. The van der Waals surface area contributed by atoms with Crippen molar-refractivity contribution in [3.8, 4) is 0 Å². The molecule has 1 aliphatic rings. The lowest BCUT2D eigenvalue weighted by molar-refractivity contribution is 0.0712. The second kappa shape index (κ2) is 6.21. The van der Waals surface area contributed by atoms with Gasteiger partial charge < -0.3 is 20.0 Å². The molecular weight excluding hydrogens is 326 g/mol. The normalized spacial score (nSPS) is 15.2. The molecule has 0 spiro atoms. The number of piperazine rings is 1. The van der Waals surface area contributed by atoms with E-state index in [-0.39, 0.29) is 5.91 Å². The Balaban J connectivity index is 1.47. The number of carbonyl (C=O) groups is 1. The minimum atomic E-state index is -0.0854. The van der Waals surface area contributed by atoms with E-state index in [9.17, 15) is 4.79 Å². The molecule has 0 atom stereocenters. The lowest BCUT2D eigenvalue weighted by Gasteiger charge is -2.35. The molecule has 0 saturated carbocycles. The molecule has 3 aromatic heterocycles. The van der Waals surface area contributed by atoms with Gasteiger partial charge in [0.15, 0.2) is 5.76 Å². The van der Waals surface area contributed by atoms with Crippen LogP contribution in [0.5, 0.6) is 0 Å². The maximum absolute atomic E-state index is 12.5. The second-order valence-electron chi connectivity index (χ2n) is 5.59. The molecule has 24 heavy (non-hydrogen) atoms. The molecule has 7 nitrogen and oxygen atoms in total. The number of hydrogen-bond acceptors (Lipinski definition) is 7. The maximum atomic E-state index is 12.5. The van der Waals surface area contributed by atoms with Crippen molar-refractivity contribution in [3.63, 3.8) is 0 Å². The van der Waals surface area contributed by atoms with Gasteiger partial charge in [-0.25, -0.2) is 9.97 Å². The van der Waals surface area contributed by atoms with E-state index >= 15 is 0 Å². The van der Waals surface area contributed by atoms with Crippen molar-refractivity contribution in [2.45, 2.75) is 6.54 Å². The Hall–Kier alpha value is -2.45. The molecular formula is C16H17N5O2S. The van der Waals surface area contributed by atoms with E-state index in [4.69, 9.17) is 10.2 Å². The molecule has 0 aliphatic carbocycles. The van der Waals surface area contributed by atoms with E-state index in [1.165, 1.54) is 0 Å². The highest BCUT2D eigenvalue weighted by Crippen LogP contribution is 2.27. The largest absolute Gasteiger partial charge is 0.455 e. The van der Waals surface area contributed by atoms with E-state index in [1.807, 2.05) is 16.3 Å². The minimum Gasteiger partial charge on any atom is -0.455 e. The van der Waals surface area contributed by atoms with Gasteiger partial charge in [0.05, 0.1) is 11.9 Å². The van der Waals surface area contributed by atoms with E-state index < -0.39 is 0 Å². The summed E-state index contributed by atoms with van der Waals surface area (Å²) in [5, 5.41) is 3.09. The summed E-state index contributed by atoms with van der Waals surface area (Å²) in [5.41, 5.74) is 5.52. The molecule has 0 radical (unpaired) electrons. The monoisotopic (exact) mass is 343 g/mol. The van der Waals surface area contributed by atoms with Crippen LogP contribution in [-0.4, -0.2) is 47.0 Å². The fourth-order valence-corrected chi connectivity index (χ4v) is 3.64. The molecule has 1 fully saturated rings. The molecule has 0 bridgehead atoms. The average Bonchev–Trinajstić information content (AvgIpc) is 3.30. The van der Waals surface area contributed by atoms with Crippen molar-refractivity contribution >= 4 is 33.3 Å². The van der Waals surface area contributed by atoms with E-state index in [0.717, 1.165) is 29.1 Å². The lowest BCUT2D eigenvalue weighted by atomic mass is 10.2. The SMILES string of the molecule is NCc1ccc(C(=O)N2CCN(c3ncnc4sccc34)CC2)o1. The summed E-state index contributed by atoms with van der Waals surface area (Å²) in [7, 11) is 0. The van der Waals surface area contributed by atoms with Crippen LogP contribution in [0.2, 0.25) is 0 Å². The second-order valence-corrected chi connectivity index (χ2v) is 6.48. The minimum absolute atomic E-state index is 0.0854. The topological polar surface area (TPSA) is 88.5 Å². The van der Waals surface area contributed by atoms with Crippen LogP contribution >= 0.6 is 11.3 Å². The van der Waals surface area contributed by atoms with Gasteiger partial charge in [-0.1, -0.05) is 0 Å². The van der Waals surface area contributed by atoms with Crippen LogP contribution in [0, 0.1) is 0 Å². The molecule has 1 saturated heterocycles. The van der Waals surface area contributed by atoms with Gasteiger partial charge in [-0.2, -0.15) is 0 Å². The predicted molar refractivity (Wildman–Crippen MR) is 92.1 cm³/mol. The molecule has 8 heteroatoms. The van der Waals surface area contributed by atoms with Crippen molar-refractivity contribution < 1.29 is 9.21 Å². The van der Waals surface area contributed by atoms with Gasteiger partial charge in [-0.3, -0.25) is 4.79 Å². The van der Waals surface area contributed by atoms with Gasteiger partial charge in [0.25, 0.3) is 5.91 Å². The number of furan rings is 1. The number of amides is 1. The van der Waals surface area contributed by atoms with Crippen LogP contribution in [-0.2, 0) is 6.54 Å². The smallest absolute Gasteiger partial charge is 0.289 e. The molecule has 4 heterocycles. The Morgan fingerprint density at radius 2 is 2.04 bits per heavy atom. The van der Waals surface area contributed by atoms with Gasteiger partial charge >= 0.3 is 0 Å². The van der Waals surface area contributed by atoms with Crippen molar-refractivity contribution in [3.05, 3.63) is 41.4 Å². The van der Waals surface area contributed by atoms with E-state index in [1.54, 1.807) is 29.8 Å². The van der Waals surface area contributed by atoms with Crippen molar-refractivity contribution in [1.29, 1.82) is 0 Å². The van der Waals surface area contributed by atoms with Crippen molar-refractivity contribution in [2.24, 2.45) is 5.73 Å². The van der Waals surface area contributed by atoms with Gasteiger partial charge in [0.2, 0.25) is 0 Å². The van der Waals surface area contributed by atoms with Gasteiger partial charge in [-0.15, -0.1) is 11.3 Å². The van der Waals surface area contributed by atoms with Gasteiger partial charge in [-0.05, 0) is 23.6 Å². The molecule has 124 valence electrons. The summed E-state index contributed by atoms with van der Waals surface area (Å²) in [6.45, 7) is 3.03. The first-order valence-electron chi connectivity index (χ1n) is 7.77. The third-order valence-electron chi connectivity index (χ3n) is 4.18. The molecule has 1 amide bonds. The highest BCUT2D eigenvalue weighted by Gasteiger charge is 2.25. The van der Waals surface area contributed by atoms with Crippen molar-refractivity contribution in [1.82, 2.24) is 14.9 Å². The third kappa shape index (κ3) is 2.63. The maximum Gasteiger partial charge on any atom is 0.289 e. The van der Waals surface area contributed by atoms with Crippen LogP contribution < -0.4 is 10.6 Å². The van der Waals surface area contributed by atoms with Gasteiger partial charge in [0.1, 0.15) is 22.7 Å².